The van der Waals surface area contributed by atoms with Gasteiger partial charge in [0.05, 0.1) is 11.3 Å². The number of benzene rings is 2. The Bertz CT molecular complexity index is 1120. The van der Waals surface area contributed by atoms with Crippen molar-refractivity contribution < 1.29 is 9.90 Å². The van der Waals surface area contributed by atoms with Crippen LogP contribution in [-0.2, 0) is 11.1 Å². The van der Waals surface area contributed by atoms with Crippen molar-refractivity contribution in [2.45, 2.75) is 16.5 Å². The number of H-pyrrole nitrogens is 1. The number of aliphatic hydroxyl groups is 1. The number of nitrogens with one attached hydrogen (secondary N) is 2. The summed E-state index contributed by atoms with van der Waals surface area (Å²) in [5.41, 5.74) is -0.943. The molecule has 3 N–H and O–H groups in total. The molecule has 1 aliphatic heterocycles. The van der Waals surface area contributed by atoms with Crippen LogP contribution in [0.15, 0.2) is 48.5 Å². The van der Waals surface area contributed by atoms with Gasteiger partial charge in [-0.15, -0.1) is 11.6 Å². The van der Waals surface area contributed by atoms with E-state index in [0.29, 0.717) is 27.9 Å². The maximum Gasteiger partial charge on any atom is 0.201 e. The average Bonchev–Trinajstić information content (AvgIpc) is 3.15. The van der Waals surface area contributed by atoms with E-state index >= 15 is 0 Å². The number of carbonyl (C=O) groups is 1. The molecule has 6 heteroatoms. The SMILES string of the molecule is N#C[C@@]12Nc3ccccc3[C@]1(O)[C@@H](Cl)C(=O)c1c2[nH]c2ccccc12. The quantitative estimate of drug-likeness (QED) is 0.544. The predicted molar refractivity (Wildman–Crippen MR) is 93.5 cm³/mol. The van der Waals surface area contributed by atoms with Gasteiger partial charge in [0.2, 0.25) is 5.54 Å². The Balaban J connectivity index is 1.95. The van der Waals surface area contributed by atoms with Gasteiger partial charge in [0, 0.05) is 22.2 Å². The van der Waals surface area contributed by atoms with E-state index in [9.17, 15) is 15.2 Å². The molecule has 3 atom stereocenters. The van der Waals surface area contributed by atoms with Gasteiger partial charge in [-0.05, 0) is 12.1 Å². The highest BCUT2D eigenvalue weighted by molar-refractivity contribution is 6.37. The first-order chi connectivity index (χ1) is 12.0. The van der Waals surface area contributed by atoms with E-state index in [1.165, 1.54) is 0 Å². The number of nitriles is 1. The summed E-state index contributed by atoms with van der Waals surface area (Å²) in [6, 6.07) is 16.5. The fourth-order valence-electron chi connectivity index (χ4n) is 4.17. The number of hydrogen-bond donors (Lipinski definition) is 3. The van der Waals surface area contributed by atoms with Crippen molar-refractivity contribution in [3.8, 4) is 6.07 Å². The molecular weight excluding hydrogens is 338 g/mol. The largest absolute Gasteiger partial charge is 0.379 e. The standard InChI is InChI=1S/C19H12ClN3O2/c20-16-15(24)14-10-5-1-3-7-12(10)22-17(14)18(9-21)19(16,25)11-6-2-4-8-13(11)23-18/h1-8,16,22-23,25H/t16-,18-,19-/m0/s1. The fraction of sp³-hybridized carbons (Fsp3) is 0.158. The van der Waals surface area contributed by atoms with Crippen molar-refractivity contribution in [1.82, 2.24) is 4.98 Å². The zero-order chi connectivity index (χ0) is 17.4. The van der Waals surface area contributed by atoms with Gasteiger partial charge < -0.3 is 15.4 Å². The number of alkyl halides is 1. The molecule has 0 spiro atoms. The number of nitrogens with zero attached hydrogens (tertiary/aromatic N) is 1. The molecule has 0 fully saturated rings. The minimum Gasteiger partial charge on any atom is -0.379 e. The molecule has 2 aliphatic rings. The van der Waals surface area contributed by atoms with E-state index in [0.717, 1.165) is 5.52 Å². The Hall–Kier alpha value is -2.81. The third-order valence-electron chi connectivity index (χ3n) is 5.32. The number of aromatic nitrogens is 1. The summed E-state index contributed by atoms with van der Waals surface area (Å²) in [4.78, 5) is 16.2. The molecule has 0 bridgehead atoms. The summed E-state index contributed by atoms with van der Waals surface area (Å²) in [6.07, 6.45) is 0. The number of para-hydroxylation sites is 2. The van der Waals surface area contributed by atoms with Crippen molar-refractivity contribution in [2.75, 3.05) is 5.32 Å². The van der Waals surface area contributed by atoms with E-state index in [1.54, 1.807) is 24.3 Å². The molecule has 2 heterocycles. The van der Waals surface area contributed by atoms with Crippen molar-refractivity contribution in [3.63, 3.8) is 0 Å². The highest BCUT2D eigenvalue weighted by Crippen LogP contribution is 2.58. The molecule has 2 aromatic carbocycles. The van der Waals surface area contributed by atoms with Gasteiger partial charge in [-0.2, -0.15) is 5.26 Å². The Morgan fingerprint density at radius 1 is 1.16 bits per heavy atom. The summed E-state index contributed by atoms with van der Waals surface area (Å²) in [7, 11) is 0. The number of fused-ring (bicyclic) bond motifs is 7. The minimum absolute atomic E-state index is 0.358. The fourth-order valence-corrected chi connectivity index (χ4v) is 4.56. The number of hydrogen-bond acceptors (Lipinski definition) is 4. The van der Waals surface area contributed by atoms with Crippen molar-refractivity contribution in [3.05, 3.63) is 65.4 Å². The van der Waals surface area contributed by atoms with Crippen LogP contribution in [0.4, 0.5) is 5.69 Å². The van der Waals surface area contributed by atoms with E-state index in [4.69, 9.17) is 11.6 Å². The van der Waals surface area contributed by atoms with Gasteiger partial charge in [-0.25, -0.2) is 0 Å². The van der Waals surface area contributed by atoms with Gasteiger partial charge in [0.15, 0.2) is 11.4 Å². The van der Waals surface area contributed by atoms with Gasteiger partial charge in [-0.3, -0.25) is 4.79 Å². The third-order valence-corrected chi connectivity index (χ3v) is 5.84. The van der Waals surface area contributed by atoms with Crippen molar-refractivity contribution in [2.24, 2.45) is 0 Å². The van der Waals surface area contributed by atoms with Crippen LogP contribution in [0.3, 0.4) is 0 Å². The molecule has 0 radical (unpaired) electrons. The Kier molecular flexibility index (Phi) is 2.57. The van der Waals surface area contributed by atoms with Crippen LogP contribution in [0.5, 0.6) is 0 Å². The van der Waals surface area contributed by atoms with Crippen LogP contribution in [0.1, 0.15) is 21.6 Å². The number of Topliss-reactive ketones (excluding diaryl/α,β-unsaturated/α-hetero) is 1. The van der Waals surface area contributed by atoms with Gasteiger partial charge in [0.1, 0.15) is 11.4 Å². The van der Waals surface area contributed by atoms with Crippen LogP contribution in [-0.4, -0.2) is 21.3 Å². The Morgan fingerprint density at radius 3 is 2.68 bits per heavy atom. The minimum atomic E-state index is -1.87. The third kappa shape index (κ3) is 1.42. The average molecular weight is 350 g/mol. The first-order valence-corrected chi connectivity index (χ1v) is 8.29. The second-order valence-electron chi connectivity index (χ2n) is 6.45. The number of rotatable bonds is 0. The molecule has 1 aliphatic carbocycles. The van der Waals surface area contributed by atoms with Crippen LogP contribution >= 0.6 is 11.6 Å². The molecule has 1 aromatic heterocycles. The number of ketones is 1. The summed E-state index contributed by atoms with van der Waals surface area (Å²) >= 11 is 6.49. The van der Waals surface area contributed by atoms with Crippen molar-refractivity contribution >= 4 is 34.0 Å². The summed E-state index contributed by atoms with van der Waals surface area (Å²) < 4.78 is 0. The second kappa shape index (κ2) is 4.42. The summed E-state index contributed by atoms with van der Waals surface area (Å²) in [5.74, 6) is -0.388. The Morgan fingerprint density at radius 2 is 1.88 bits per heavy atom. The zero-order valence-corrected chi connectivity index (χ0v) is 13.6. The van der Waals surface area contributed by atoms with E-state index < -0.39 is 16.5 Å². The maximum absolute atomic E-state index is 13.1. The molecule has 25 heavy (non-hydrogen) atoms. The lowest BCUT2D eigenvalue weighted by molar-refractivity contribution is -0.00869. The topological polar surface area (TPSA) is 88.9 Å². The molecule has 3 aromatic rings. The molecule has 5 nitrogen and oxygen atoms in total. The normalized spacial score (nSPS) is 29.5. The summed E-state index contributed by atoms with van der Waals surface area (Å²) in [6.45, 7) is 0. The van der Waals surface area contributed by atoms with E-state index in [2.05, 4.69) is 16.4 Å². The Labute approximate surface area is 147 Å². The van der Waals surface area contributed by atoms with Gasteiger partial charge in [-0.1, -0.05) is 36.4 Å². The molecule has 0 saturated carbocycles. The number of aromatic amines is 1. The molecule has 0 amide bonds. The lowest BCUT2D eigenvalue weighted by atomic mass is 9.67. The molecule has 5 rings (SSSR count). The lowest BCUT2D eigenvalue weighted by Crippen LogP contribution is -2.60. The van der Waals surface area contributed by atoms with Crippen LogP contribution in [0, 0.1) is 11.3 Å². The zero-order valence-electron chi connectivity index (χ0n) is 12.9. The molecule has 0 unspecified atom stereocenters. The molecule has 122 valence electrons. The molecule has 0 saturated heterocycles. The van der Waals surface area contributed by atoms with E-state index in [-0.39, 0.29) is 5.78 Å². The van der Waals surface area contributed by atoms with Gasteiger partial charge in [0.25, 0.3) is 0 Å². The van der Waals surface area contributed by atoms with E-state index in [1.807, 2.05) is 24.3 Å². The maximum atomic E-state index is 13.1. The number of halogens is 1. The lowest BCUT2D eigenvalue weighted by Gasteiger charge is -2.42. The van der Waals surface area contributed by atoms with Crippen LogP contribution in [0.2, 0.25) is 0 Å². The first-order valence-electron chi connectivity index (χ1n) is 7.85. The predicted octanol–water partition coefficient (Wildman–Crippen LogP) is 3.00. The highest BCUT2D eigenvalue weighted by atomic mass is 35.5. The highest BCUT2D eigenvalue weighted by Gasteiger charge is 2.69. The van der Waals surface area contributed by atoms with Crippen LogP contribution < -0.4 is 5.32 Å². The second-order valence-corrected chi connectivity index (χ2v) is 6.88. The number of carbonyl (C=O) groups excluding carboxylic acids is 1. The first kappa shape index (κ1) is 14.5. The molecular formula is C19H12ClN3O2. The van der Waals surface area contributed by atoms with Crippen LogP contribution in [0.25, 0.3) is 10.9 Å². The van der Waals surface area contributed by atoms with Gasteiger partial charge >= 0.3 is 0 Å². The van der Waals surface area contributed by atoms with Crippen molar-refractivity contribution in [1.29, 1.82) is 5.26 Å². The summed E-state index contributed by atoms with van der Waals surface area (Å²) in [5, 5.41) is 24.2. The smallest absolute Gasteiger partial charge is 0.201 e. The number of anilines is 1. The monoisotopic (exact) mass is 349 g/mol.